The Kier molecular flexibility index (Phi) is 2.61. The zero-order valence-corrected chi connectivity index (χ0v) is 6.46. The number of benzene rings is 1. The largest absolute Gasteiger partial charge is 0.148 e. The van der Waals surface area contributed by atoms with Gasteiger partial charge >= 0.3 is 0 Å². The molecule has 0 fully saturated rings. The van der Waals surface area contributed by atoms with E-state index < -0.39 is 0 Å². The van der Waals surface area contributed by atoms with Crippen LogP contribution in [0.5, 0.6) is 0 Å². The highest BCUT2D eigenvalue weighted by molar-refractivity contribution is 6.54. The first-order valence-corrected chi connectivity index (χ1v) is 3.55. The fourth-order valence-electron chi connectivity index (χ4n) is 0.881. The molecule has 0 unspecified atom stereocenters. The second-order valence-electron chi connectivity index (χ2n) is 2.24. The maximum atomic E-state index is 2.12. The van der Waals surface area contributed by atoms with Crippen LogP contribution in [0.25, 0.3) is 0 Å². The minimum absolute atomic E-state index is 1.28. The van der Waals surface area contributed by atoms with Crippen molar-refractivity contribution in [3.05, 3.63) is 24.3 Å². The lowest BCUT2D eigenvalue weighted by Crippen LogP contribution is -2.16. The van der Waals surface area contributed by atoms with Crippen molar-refractivity contribution in [2.45, 2.75) is 13.6 Å². The Balaban J connectivity index is 2.80. The maximum Gasteiger partial charge on any atom is 0.148 e. The molecule has 0 saturated heterocycles. The third kappa shape index (κ3) is 1.66. The fraction of sp³-hybridized carbons (Fsp3) is 0.250. The molecule has 0 aromatic heterocycles. The normalized spacial score (nSPS) is 9.00. The van der Waals surface area contributed by atoms with Gasteiger partial charge in [-0.2, -0.15) is 0 Å². The molecule has 0 saturated carbocycles. The lowest BCUT2D eigenvalue weighted by Gasteiger charge is -1.96. The molecule has 0 aliphatic rings. The summed E-state index contributed by atoms with van der Waals surface area (Å²) in [4.78, 5) is 0. The second-order valence-corrected chi connectivity index (χ2v) is 2.24. The molecule has 10 heavy (non-hydrogen) atoms. The van der Waals surface area contributed by atoms with Crippen LogP contribution < -0.4 is 10.9 Å². The third-order valence-electron chi connectivity index (χ3n) is 1.60. The highest BCUT2D eigenvalue weighted by Gasteiger charge is 1.90. The Morgan fingerprint density at radius 1 is 0.800 bits per heavy atom. The summed E-state index contributed by atoms with van der Waals surface area (Å²) in [6, 6.07) is 8.48. The molecule has 1 aromatic carbocycles. The predicted molar refractivity (Wildman–Crippen MR) is 48.9 cm³/mol. The molecule has 48 valence electrons. The quantitative estimate of drug-likeness (QED) is 0.506. The summed E-state index contributed by atoms with van der Waals surface area (Å²) in [6.07, 6.45) is 0. The second kappa shape index (κ2) is 3.50. The van der Waals surface area contributed by atoms with Gasteiger partial charge in [0.1, 0.15) is 14.6 Å². The van der Waals surface area contributed by atoms with Crippen molar-refractivity contribution in [1.82, 2.24) is 0 Å². The van der Waals surface area contributed by atoms with Gasteiger partial charge in [0, 0.05) is 0 Å². The standard InChI is InChI=1S/C8H10B2/c1-9-7-3-5-8(10-2)6-4-7/h3-6H,1-2H3. The molecule has 0 nitrogen and oxygen atoms in total. The SMILES string of the molecule is C[B]c1ccc([B]C)cc1. The van der Waals surface area contributed by atoms with Crippen molar-refractivity contribution in [1.29, 1.82) is 0 Å². The van der Waals surface area contributed by atoms with Gasteiger partial charge in [-0.1, -0.05) is 48.8 Å². The first-order chi connectivity index (χ1) is 4.86. The van der Waals surface area contributed by atoms with Gasteiger partial charge in [0.15, 0.2) is 0 Å². The number of hydrogen-bond acceptors (Lipinski definition) is 0. The van der Waals surface area contributed by atoms with E-state index >= 15 is 0 Å². The molecule has 2 radical (unpaired) electrons. The van der Waals surface area contributed by atoms with Crippen LogP contribution in [-0.4, -0.2) is 14.6 Å². The molecule has 0 heterocycles. The van der Waals surface area contributed by atoms with E-state index in [0.717, 1.165) is 0 Å². The average molecular weight is 128 g/mol. The summed E-state index contributed by atoms with van der Waals surface area (Å²) in [5, 5.41) is 0. The number of hydrogen-bond donors (Lipinski definition) is 0. The summed E-state index contributed by atoms with van der Waals surface area (Å²) in [6.45, 7) is 4.09. The smallest absolute Gasteiger partial charge is 0.0881 e. The van der Waals surface area contributed by atoms with Crippen LogP contribution in [0.3, 0.4) is 0 Å². The molecule has 0 aliphatic carbocycles. The Hall–Kier alpha value is -0.650. The Labute approximate surface area is 64.1 Å². The van der Waals surface area contributed by atoms with Crippen LogP contribution in [0.1, 0.15) is 0 Å². The highest BCUT2D eigenvalue weighted by atomic mass is 13.8. The minimum Gasteiger partial charge on any atom is -0.0881 e. The molecular formula is C8H10B2. The summed E-state index contributed by atoms with van der Waals surface area (Å²) < 4.78 is 0. The Bertz CT molecular complexity index is 168. The average Bonchev–Trinajstić information content (AvgIpc) is 2.05. The molecule has 0 atom stereocenters. The molecule has 2 heteroatoms. The zero-order chi connectivity index (χ0) is 7.40. The van der Waals surface area contributed by atoms with Crippen molar-refractivity contribution in [3.63, 3.8) is 0 Å². The van der Waals surface area contributed by atoms with Gasteiger partial charge in [-0.05, 0) is 0 Å². The maximum absolute atomic E-state index is 2.12. The first kappa shape index (κ1) is 7.46. The summed E-state index contributed by atoms with van der Waals surface area (Å²) in [5.41, 5.74) is 2.57. The Morgan fingerprint density at radius 2 is 1.10 bits per heavy atom. The monoisotopic (exact) mass is 128 g/mol. The van der Waals surface area contributed by atoms with Gasteiger partial charge < -0.3 is 0 Å². The van der Waals surface area contributed by atoms with E-state index in [4.69, 9.17) is 0 Å². The zero-order valence-electron chi connectivity index (χ0n) is 6.46. The van der Waals surface area contributed by atoms with Crippen LogP contribution in [0, 0.1) is 0 Å². The molecule has 1 aromatic rings. The van der Waals surface area contributed by atoms with Crippen molar-refractivity contribution in [3.8, 4) is 0 Å². The van der Waals surface area contributed by atoms with Gasteiger partial charge in [0.2, 0.25) is 0 Å². The van der Waals surface area contributed by atoms with E-state index in [1.54, 1.807) is 0 Å². The molecular weight excluding hydrogens is 118 g/mol. The van der Waals surface area contributed by atoms with E-state index in [0.29, 0.717) is 0 Å². The van der Waals surface area contributed by atoms with Gasteiger partial charge in [-0.3, -0.25) is 0 Å². The first-order valence-electron chi connectivity index (χ1n) is 3.55. The van der Waals surface area contributed by atoms with Crippen LogP contribution >= 0.6 is 0 Å². The molecule has 1 rings (SSSR count). The lowest BCUT2D eigenvalue weighted by molar-refractivity contribution is 1.82. The van der Waals surface area contributed by atoms with Crippen LogP contribution in [-0.2, 0) is 0 Å². The third-order valence-corrected chi connectivity index (χ3v) is 1.60. The Morgan fingerprint density at radius 3 is 1.30 bits per heavy atom. The minimum atomic E-state index is 1.28. The summed E-state index contributed by atoms with van der Waals surface area (Å²) >= 11 is 0. The van der Waals surface area contributed by atoms with Gasteiger partial charge in [0.05, 0.1) is 0 Å². The lowest BCUT2D eigenvalue weighted by atomic mass is 9.69. The topological polar surface area (TPSA) is 0 Å². The highest BCUT2D eigenvalue weighted by Crippen LogP contribution is 1.78. The fourth-order valence-corrected chi connectivity index (χ4v) is 0.881. The van der Waals surface area contributed by atoms with Crippen molar-refractivity contribution in [2.24, 2.45) is 0 Å². The van der Waals surface area contributed by atoms with Gasteiger partial charge in [-0.15, -0.1) is 0 Å². The van der Waals surface area contributed by atoms with E-state index in [1.165, 1.54) is 10.9 Å². The van der Waals surface area contributed by atoms with E-state index in [2.05, 4.69) is 38.8 Å². The van der Waals surface area contributed by atoms with Gasteiger partial charge in [-0.25, -0.2) is 0 Å². The summed E-state index contributed by atoms with van der Waals surface area (Å²) in [7, 11) is 4.19. The number of rotatable bonds is 2. The van der Waals surface area contributed by atoms with Crippen LogP contribution in [0.4, 0.5) is 0 Å². The molecule has 0 bridgehead atoms. The van der Waals surface area contributed by atoms with Gasteiger partial charge in [0.25, 0.3) is 0 Å². The van der Waals surface area contributed by atoms with E-state index in [-0.39, 0.29) is 0 Å². The molecule has 0 N–H and O–H groups in total. The van der Waals surface area contributed by atoms with Crippen LogP contribution in [0.2, 0.25) is 13.6 Å². The molecule has 0 aliphatic heterocycles. The van der Waals surface area contributed by atoms with Crippen molar-refractivity contribution in [2.75, 3.05) is 0 Å². The van der Waals surface area contributed by atoms with Crippen molar-refractivity contribution < 1.29 is 0 Å². The predicted octanol–water partition coefficient (Wildman–Crippen LogP) is 0.442. The molecule has 0 spiro atoms. The summed E-state index contributed by atoms with van der Waals surface area (Å²) in [5.74, 6) is 0. The van der Waals surface area contributed by atoms with Crippen molar-refractivity contribution >= 4 is 25.5 Å². The molecule has 0 amide bonds. The van der Waals surface area contributed by atoms with Crippen LogP contribution in [0.15, 0.2) is 24.3 Å². The van der Waals surface area contributed by atoms with E-state index in [1.807, 2.05) is 13.6 Å². The van der Waals surface area contributed by atoms with E-state index in [9.17, 15) is 0 Å².